The van der Waals surface area contributed by atoms with E-state index in [0.29, 0.717) is 19.8 Å². The van der Waals surface area contributed by atoms with Gasteiger partial charge in [0.2, 0.25) is 5.75 Å². The maximum absolute atomic E-state index is 12.2. The number of halogens is 2. The molecule has 1 aromatic carbocycles. The van der Waals surface area contributed by atoms with Crippen LogP contribution in [-0.2, 0) is 9.57 Å². The van der Waals surface area contributed by atoms with E-state index in [0.717, 1.165) is 18.6 Å². The van der Waals surface area contributed by atoms with Crippen molar-refractivity contribution in [2.24, 2.45) is 5.92 Å². The molecule has 0 radical (unpaired) electrons. The molecule has 0 amide bonds. The van der Waals surface area contributed by atoms with Crippen molar-refractivity contribution < 1.29 is 28.0 Å². The summed E-state index contributed by atoms with van der Waals surface area (Å²) in [6.07, 6.45) is 0.891. The van der Waals surface area contributed by atoms with Gasteiger partial charge in [0, 0.05) is 24.7 Å². The number of rotatable bonds is 7. The molecular weight excluding hydrogens is 290 g/mol. The lowest BCUT2D eigenvalue weighted by Crippen LogP contribution is -2.13. The van der Waals surface area contributed by atoms with Gasteiger partial charge in [-0.3, -0.25) is 20.4 Å². The van der Waals surface area contributed by atoms with Gasteiger partial charge in [0.05, 0.1) is 23.8 Å². The van der Waals surface area contributed by atoms with Gasteiger partial charge in [-0.25, -0.2) is 0 Å². The fraction of sp³-hybridized carbons (Fsp3) is 0.500. The van der Waals surface area contributed by atoms with Gasteiger partial charge in [-0.15, -0.1) is 0 Å². The summed E-state index contributed by atoms with van der Waals surface area (Å²) in [6, 6.07) is 3.51. The Morgan fingerprint density at radius 2 is 2.33 bits per heavy atom. The van der Waals surface area contributed by atoms with E-state index in [1.807, 2.05) is 0 Å². The van der Waals surface area contributed by atoms with Gasteiger partial charge in [-0.2, -0.15) is 8.78 Å². The van der Waals surface area contributed by atoms with E-state index in [9.17, 15) is 18.9 Å². The lowest BCUT2D eigenvalue weighted by Gasteiger charge is -2.11. The topological polar surface area (TPSA) is 82.9 Å². The minimum Gasteiger partial charge on any atom is -0.427 e. The highest BCUT2D eigenvalue weighted by Crippen LogP contribution is 2.31. The second-order valence-corrected chi connectivity index (χ2v) is 4.46. The Kier molecular flexibility index (Phi) is 5.23. The zero-order valence-electron chi connectivity index (χ0n) is 11.0. The summed E-state index contributed by atoms with van der Waals surface area (Å²) >= 11 is 0. The molecular formula is C12H14F2N2O5. The molecule has 1 atom stereocenters. The first-order valence-corrected chi connectivity index (χ1v) is 6.25. The Labute approximate surface area is 118 Å². The molecule has 1 aliphatic heterocycles. The summed E-state index contributed by atoms with van der Waals surface area (Å²) in [5, 5.41) is 10.7. The second-order valence-electron chi connectivity index (χ2n) is 4.46. The number of nitrogens with zero attached hydrogens (tertiary/aromatic N) is 1. The van der Waals surface area contributed by atoms with E-state index in [4.69, 9.17) is 9.57 Å². The molecule has 1 fully saturated rings. The third-order valence-corrected chi connectivity index (χ3v) is 2.91. The zero-order valence-corrected chi connectivity index (χ0v) is 11.0. The number of benzene rings is 1. The zero-order chi connectivity index (χ0) is 15.2. The van der Waals surface area contributed by atoms with Crippen LogP contribution in [0.1, 0.15) is 6.42 Å². The molecule has 1 heterocycles. The number of hydrogen-bond donors (Lipinski definition) is 1. The molecule has 0 aliphatic carbocycles. The molecule has 2 rings (SSSR count). The molecule has 116 valence electrons. The van der Waals surface area contributed by atoms with Crippen LogP contribution in [0.2, 0.25) is 0 Å². The average molecular weight is 304 g/mol. The van der Waals surface area contributed by atoms with Crippen molar-refractivity contribution in [3.05, 3.63) is 28.3 Å². The molecule has 1 N–H and O–H groups in total. The van der Waals surface area contributed by atoms with E-state index in [-0.39, 0.29) is 11.6 Å². The quantitative estimate of drug-likeness (QED) is 0.616. The average Bonchev–Trinajstić information content (AvgIpc) is 2.91. The van der Waals surface area contributed by atoms with Gasteiger partial charge >= 0.3 is 12.3 Å². The van der Waals surface area contributed by atoms with Crippen molar-refractivity contribution >= 4 is 11.4 Å². The molecule has 0 bridgehead atoms. The minimum absolute atomic E-state index is 0.271. The van der Waals surface area contributed by atoms with E-state index in [1.165, 1.54) is 6.07 Å². The van der Waals surface area contributed by atoms with E-state index in [1.54, 1.807) is 0 Å². The minimum atomic E-state index is -3.14. The standard InChI is InChI=1S/C12H14F2N2O5/c13-12(14)21-11-5-9(1-2-10(11)16(17)18)15-20-7-8-3-4-19-6-8/h1-2,5,8,12,15H,3-4,6-7H2. The fourth-order valence-corrected chi connectivity index (χ4v) is 1.88. The number of anilines is 1. The first kappa shape index (κ1) is 15.4. The maximum Gasteiger partial charge on any atom is 0.387 e. The molecule has 1 unspecified atom stereocenters. The molecule has 7 nitrogen and oxygen atoms in total. The van der Waals surface area contributed by atoms with Gasteiger partial charge in [0.15, 0.2) is 0 Å². The third kappa shape index (κ3) is 4.50. The van der Waals surface area contributed by atoms with Crippen molar-refractivity contribution in [3.8, 4) is 5.75 Å². The number of hydrogen-bond acceptors (Lipinski definition) is 6. The Morgan fingerprint density at radius 3 is 2.95 bits per heavy atom. The van der Waals surface area contributed by atoms with Crippen LogP contribution in [0.3, 0.4) is 0 Å². The first-order valence-electron chi connectivity index (χ1n) is 6.25. The van der Waals surface area contributed by atoms with Crippen LogP contribution < -0.4 is 10.2 Å². The SMILES string of the molecule is O=[N+]([O-])c1ccc(NOCC2CCOC2)cc1OC(F)F. The lowest BCUT2D eigenvalue weighted by atomic mass is 10.1. The van der Waals surface area contributed by atoms with E-state index in [2.05, 4.69) is 10.2 Å². The predicted octanol–water partition coefficient (Wildman–Crippen LogP) is 2.58. The number of nitrogens with one attached hydrogen (secondary N) is 1. The van der Waals surface area contributed by atoms with Crippen LogP contribution in [0.4, 0.5) is 20.2 Å². The molecule has 0 saturated carbocycles. The Morgan fingerprint density at radius 1 is 1.52 bits per heavy atom. The van der Waals surface area contributed by atoms with Crippen LogP contribution >= 0.6 is 0 Å². The normalized spacial score (nSPS) is 18.0. The Hall–Kier alpha value is -2.00. The molecule has 0 spiro atoms. The van der Waals surface area contributed by atoms with E-state index >= 15 is 0 Å². The Bertz CT molecular complexity index is 495. The highest BCUT2D eigenvalue weighted by atomic mass is 19.3. The fourth-order valence-electron chi connectivity index (χ4n) is 1.88. The summed E-state index contributed by atoms with van der Waals surface area (Å²) in [6.45, 7) is -1.45. The van der Waals surface area contributed by atoms with Crippen LogP contribution in [-0.4, -0.2) is 31.4 Å². The summed E-state index contributed by atoms with van der Waals surface area (Å²) in [5.41, 5.74) is 2.30. The number of ether oxygens (including phenoxy) is 2. The van der Waals surface area contributed by atoms with Crippen molar-refractivity contribution in [1.29, 1.82) is 0 Å². The third-order valence-electron chi connectivity index (χ3n) is 2.91. The van der Waals surface area contributed by atoms with Crippen molar-refractivity contribution in [2.45, 2.75) is 13.0 Å². The van der Waals surface area contributed by atoms with Crippen molar-refractivity contribution in [2.75, 3.05) is 25.3 Å². The molecule has 21 heavy (non-hydrogen) atoms. The van der Waals surface area contributed by atoms with Crippen LogP contribution in [0.5, 0.6) is 5.75 Å². The molecule has 0 aromatic heterocycles. The van der Waals surface area contributed by atoms with Crippen LogP contribution in [0.25, 0.3) is 0 Å². The number of alkyl halides is 2. The smallest absolute Gasteiger partial charge is 0.387 e. The lowest BCUT2D eigenvalue weighted by molar-refractivity contribution is -0.386. The van der Waals surface area contributed by atoms with Crippen LogP contribution in [0.15, 0.2) is 18.2 Å². The number of nitro groups is 1. The highest BCUT2D eigenvalue weighted by Gasteiger charge is 2.20. The summed E-state index contributed by atoms with van der Waals surface area (Å²) in [5.74, 6) is -0.250. The van der Waals surface area contributed by atoms with Gasteiger partial charge in [-0.05, 0) is 12.5 Å². The first-order chi connectivity index (χ1) is 10.1. The molecule has 9 heteroatoms. The molecule has 1 aliphatic rings. The predicted molar refractivity (Wildman–Crippen MR) is 68.2 cm³/mol. The molecule has 1 aromatic rings. The highest BCUT2D eigenvalue weighted by molar-refractivity contribution is 5.57. The number of nitro benzene ring substituents is 1. The largest absolute Gasteiger partial charge is 0.427 e. The van der Waals surface area contributed by atoms with Gasteiger partial charge in [0.25, 0.3) is 0 Å². The summed E-state index contributed by atoms with van der Waals surface area (Å²) in [4.78, 5) is 15.1. The van der Waals surface area contributed by atoms with E-state index < -0.39 is 23.0 Å². The van der Waals surface area contributed by atoms with Crippen LogP contribution in [0, 0.1) is 16.0 Å². The van der Waals surface area contributed by atoms with Crippen molar-refractivity contribution in [1.82, 2.24) is 0 Å². The molecule has 1 saturated heterocycles. The van der Waals surface area contributed by atoms with Gasteiger partial charge < -0.3 is 9.47 Å². The second kappa shape index (κ2) is 7.14. The van der Waals surface area contributed by atoms with Gasteiger partial charge in [0.1, 0.15) is 0 Å². The summed E-state index contributed by atoms with van der Waals surface area (Å²) in [7, 11) is 0. The maximum atomic E-state index is 12.2. The summed E-state index contributed by atoms with van der Waals surface area (Å²) < 4.78 is 33.8. The monoisotopic (exact) mass is 304 g/mol. The van der Waals surface area contributed by atoms with Crippen molar-refractivity contribution in [3.63, 3.8) is 0 Å². The Balaban J connectivity index is 1.97. The van der Waals surface area contributed by atoms with Gasteiger partial charge in [-0.1, -0.05) is 0 Å².